The summed E-state index contributed by atoms with van der Waals surface area (Å²) in [5.74, 6) is 0. The smallest absolute Gasteiger partial charge is 0.288 e. The Morgan fingerprint density at radius 2 is 2.00 bits per heavy atom. The van der Waals surface area contributed by atoms with Gasteiger partial charge in [0.2, 0.25) is 0 Å². The van der Waals surface area contributed by atoms with Gasteiger partial charge >= 0.3 is 0 Å². The molecule has 0 unspecified atom stereocenters. The molecule has 0 aliphatic rings. The van der Waals surface area contributed by atoms with Crippen molar-refractivity contribution in [3.05, 3.63) is 62.9 Å². The third-order valence-electron chi connectivity index (χ3n) is 2.93. The highest BCUT2D eigenvalue weighted by Crippen LogP contribution is 2.31. The Kier molecular flexibility index (Phi) is 3.08. The first-order valence-corrected chi connectivity index (χ1v) is 6.39. The van der Waals surface area contributed by atoms with E-state index in [1.165, 1.54) is 12.1 Å². The van der Waals surface area contributed by atoms with Crippen LogP contribution in [-0.4, -0.2) is 14.3 Å². The van der Waals surface area contributed by atoms with E-state index >= 15 is 0 Å². The predicted molar refractivity (Wildman–Crippen MR) is 77.3 cm³/mol. The van der Waals surface area contributed by atoms with Crippen molar-refractivity contribution in [2.24, 2.45) is 0 Å². The average molecular weight is 308 g/mol. The zero-order chi connectivity index (χ0) is 14.3. The third-order valence-corrected chi connectivity index (χ3v) is 3.54. The number of halogens is 2. The largest absolute Gasteiger partial charge is 0.298 e. The molecule has 0 spiro atoms. The Morgan fingerprint density at radius 1 is 1.20 bits per heavy atom. The van der Waals surface area contributed by atoms with E-state index in [1.54, 1.807) is 35.0 Å². The second-order valence-electron chi connectivity index (χ2n) is 4.12. The fraction of sp³-hybridized carbons (Fsp3) is 0. The number of fused-ring (bicyclic) bond motifs is 1. The molecule has 0 radical (unpaired) electrons. The van der Waals surface area contributed by atoms with Crippen LogP contribution in [0.2, 0.25) is 10.0 Å². The summed E-state index contributed by atoms with van der Waals surface area (Å²) < 4.78 is 1.77. The number of nitrogens with zero attached hydrogens (tertiary/aromatic N) is 3. The summed E-state index contributed by atoms with van der Waals surface area (Å²) in [7, 11) is 0. The molecular formula is C13H7Cl2N3O2. The minimum atomic E-state index is -0.512. The summed E-state index contributed by atoms with van der Waals surface area (Å²) in [5.41, 5.74) is 1.82. The highest BCUT2D eigenvalue weighted by atomic mass is 35.5. The molecule has 0 saturated heterocycles. The van der Waals surface area contributed by atoms with E-state index in [0.717, 1.165) is 0 Å². The average Bonchev–Trinajstić information content (AvgIpc) is 2.84. The van der Waals surface area contributed by atoms with Gasteiger partial charge in [0.05, 0.1) is 21.8 Å². The Balaban J connectivity index is 2.24. The molecule has 0 fully saturated rings. The van der Waals surface area contributed by atoms with Crippen molar-refractivity contribution in [1.29, 1.82) is 0 Å². The lowest BCUT2D eigenvalue weighted by Gasteiger charge is -2.03. The quantitative estimate of drug-likeness (QED) is 0.526. The number of pyridine rings is 1. The summed E-state index contributed by atoms with van der Waals surface area (Å²) in [6, 6.07) is 8.15. The minimum absolute atomic E-state index is 0.102. The summed E-state index contributed by atoms with van der Waals surface area (Å²) in [6.45, 7) is 0. The number of hydrogen-bond donors (Lipinski definition) is 0. The molecule has 1 aromatic carbocycles. The molecule has 0 bridgehead atoms. The number of imidazole rings is 1. The second kappa shape index (κ2) is 4.77. The molecule has 0 atom stereocenters. The lowest BCUT2D eigenvalue weighted by atomic mass is 10.1. The van der Waals surface area contributed by atoms with Crippen molar-refractivity contribution < 1.29 is 4.92 Å². The number of rotatable bonds is 2. The van der Waals surface area contributed by atoms with E-state index in [0.29, 0.717) is 21.9 Å². The zero-order valence-electron chi connectivity index (χ0n) is 9.96. The highest BCUT2D eigenvalue weighted by molar-refractivity contribution is 6.33. The molecule has 0 aliphatic carbocycles. The van der Waals surface area contributed by atoms with E-state index in [2.05, 4.69) is 4.98 Å². The minimum Gasteiger partial charge on any atom is -0.298 e. The first-order valence-electron chi connectivity index (χ1n) is 5.64. The molecule has 3 aromatic rings. The van der Waals surface area contributed by atoms with Gasteiger partial charge < -0.3 is 0 Å². The number of nitro benzene ring substituents is 1. The van der Waals surface area contributed by atoms with Crippen LogP contribution < -0.4 is 0 Å². The van der Waals surface area contributed by atoms with Gasteiger partial charge in [-0.3, -0.25) is 14.5 Å². The maximum atomic E-state index is 10.9. The Hall–Kier alpha value is -2.11. The molecule has 20 heavy (non-hydrogen) atoms. The van der Waals surface area contributed by atoms with Crippen LogP contribution >= 0.6 is 23.2 Å². The first kappa shape index (κ1) is 12.9. The van der Waals surface area contributed by atoms with Crippen LogP contribution in [0.25, 0.3) is 16.9 Å². The first-order chi connectivity index (χ1) is 9.58. The fourth-order valence-corrected chi connectivity index (χ4v) is 2.40. The molecule has 2 aromatic heterocycles. The van der Waals surface area contributed by atoms with Crippen LogP contribution in [0.5, 0.6) is 0 Å². The molecule has 100 valence electrons. The topological polar surface area (TPSA) is 60.4 Å². The molecule has 3 rings (SSSR count). The molecular weight excluding hydrogens is 301 g/mol. The van der Waals surface area contributed by atoms with Gasteiger partial charge in [-0.15, -0.1) is 0 Å². The maximum Gasteiger partial charge on any atom is 0.288 e. The van der Waals surface area contributed by atoms with E-state index < -0.39 is 4.92 Å². The third kappa shape index (κ3) is 2.01. The van der Waals surface area contributed by atoms with Crippen molar-refractivity contribution in [3.8, 4) is 11.3 Å². The number of nitro groups is 1. The number of hydrogen-bond acceptors (Lipinski definition) is 3. The lowest BCUT2D eigenvalue weighted by Crippen LogP contribution is -1.92. The summed E-state index contributed by atoms with van der Waals surface area (Å²) >= 11 is 11.9. The maximum absolute atomic E-state index is 10.9. The van der Waals surface area contributed by atoms with Crippen molar-refractivity contribution in [3.63, 3.8) is 0 Å². The van der Waals surface area contributed by atoms with Gasteiger partial charge in [0.15, 0.2) is 5.65 Å². The van der Waals surface area contributed by atoms with Crippen molar-refractivity contribution in [2.45, 2.75) is 0 Å². The normalized spacial score (nSPS) is 10.9. The highest BCUT2D eigenvalue weighted by Gasteiger charge is 2.15. The van der Waals surface area contributed by atoms with Crippen LogP contribution in [-0.2, 0) is 0 Å². The van der Waals surface area contributed by atoms with Gasteiger partial charge in [-0.1, -0.05) is 29.3 Å². The molecule has 0 N–H and O–H groups in total. The Labute approximate surface area is 123 Å². The monoisotopic (exact) mass is 307 g/mol. The van der Waals surface area contributed by atoms with E-state index in [9.17, 15) is 10.1 Å². The van der Waals surface area contributed by atoms with Crippen LogP contribution in [0.4, 0.5) is 5.69 Å². The Bertz CT molecular complexity index is 830. The van der Waals surface area contributed by atoms with Crippen molar-refractivity contribution >= 4 is 34.5 Å². The molecule has 2 heterocycles. The van der Waals surface area contributed by atoms with Gasteiger partial charge in [-0.2, -0.15) is 0 Å². The SMILES string of the molecule is O=[N+]([O-])c1cc(-c2cnc3c(Cl)cccn23)ccc1Cl. The van der Waals surface area contributed by atoms with Gasteiger partial charge in [0, 0.05) is 17.8 Å². The van der Waals surface area contributed by atoms with Crippen LogP contribution in [0.3, 0.4) is 0 Å². The molecule has 0 aliphatic heterocycles. The van der Waals surface area contributed by atoms with E-state index in [-0.39, 0.29) is 10.7 Å². The van der Waals surface area contributed by atoms with Gasteiger partial charge in [0.1, 0.15) is 5.02 Å². The van der Waals surface area contributed by atoms with Gasteiger partial charge in [-0.25, -0.2) is 4.98 Å². The number of benzene rings is 1. The fourth-order valence-electron chi connectivity index (χ4n) is 2.00. The summed E-state index contributed by atoms with van der Waals surface area (Å²) in [5, 5.41) is 11.6. The second-order valence-corrected chi connectivity index (χ2v) is 4.93. The molecule has 0 amide bonds. The number of aromatic nitrogens is 2. The standard InChI is InChI=1S/C13H7Cl2N3O2/c14-9-4-3-8(6-11(9)18(19)20)12-7-16-13-10(15)2-1-5-17(12)13/h1-7H. The molecule has 7 heteroatoms. The Morgan fingerprint density at radius 3 is 2.75 bits per heavy atom. The predicted octanol–water partition coefficient (Wildman–Crippen LogP) is 4.22. The van der Waals surface area contributed by atoms with Crippen LogP contribution in [0.1, 0.15) is 0 Å². The molecule has 5 nitrogen and oxygen atoms in total. The lowest BCUT2D eigenvalue weighted by molar-refractivity contribution is -0.384. The van der Waals surface area contributed by atoms with Crippen molar-refractivity contribution in [2.75, 3.05) is 0 Å². The summed E-state index contributed by atoms with van der Waals surface area (Å²) in [4.78, 5) is 14.6. The van der Waals surface area contributed by atoms with Crippen LogP contribution in [0.15, 0.2) is 42.7 Å². The van der Waals surface area contributed by atoms with Crippen molar-refractivity contribution in [1.82, 2.24) is 9.38 Å². The molecule has 0 saturated carbocycles. The zero-order valence-corrected chi connectivity index (χ0v) is 11.5. The van der Waals surface area contributed by atoms with Gasteiger partial charge in [0.25, 0.3) is 5.69 Å². The van der Waals surface area contributed by atoms with Crippen LogP contribution in [0, 0.1) is 10.1 Å². The van der Waals surface area contributed by atoms with E-state index in [1.807, 2.05) is 0 Å². The summed E-state index contributed by atoms with van der Waals surface area (Å²) in [6.07, 6.45) is 3.41. The van der Waals surface area contributed by atoms with E-state index in [4.69, 9.17) is 23.2 Å². The van der Waals surface area contributed by atoms with Gasteiger partial charge in [-0.05, 0) is 18.2 Å².